The SMILES string of the molecule is Cc1nc2c(cc1B1OC(C)(C)C(C)(C)O1)ncn2C. The summed E-state index contributed by atoms with van der Waals surface area (Å²) in [5, 5.41) is 0. The first kappa shape index (κ1) is 13.6. The van der Waals surface area contributed by atoms with Crippen molar-refractivity contribution in [1.82, 2.24) is 14.5 Å². The Hall–Kier alpha value is -1.40. The molecule has 0 saturated carbocycles. The van der Waals surface area contributed by atoms with E-state index in [1.807, 2.05) is 24.6 Å². The van der Waals surface area contributed by atoms with Crippen LogP contribution in [-0.2, 0) is 16.4 Å². The molecule has 1 aliphatic heterocycles. The highest BCUT2D eigenvalue weighted by Gasteiger charge is 2.52. The van der Waals surface area contributed by atoms with E-state index in [-0.39, 0.29) is 18.3 Å². The van der Waals surface area contributed by atoms with Crippen molar-refractivity contribution in [3.8, 4) is 0 Å². The minimum Gasteiger partial charge on any atom is -0.399 e. The topological polar surface area (TPSA) is 49.2 Å². The maximum Gasteiger partial charge on any atom is 0.496 e. The molecule has 2 aromatic heterocycles. The molecule has 106 valence electrons. The first-order valence-corrected chi connectivity index (χ1v) is 6.85. The van der Waals surface area contributed by atoms with Crippen LogP contribution in [0.2, 0.25) is 0 Å². The van der Waals surface area contributed by atoms with Gasteiger partial charge in [0.05, 0.1) is 17.5 Å². The van der Waals surface area contributed by atoms with Gasteiger partial charge < -0.3 is 13.9 Å². The highest BCUT2D eigenvalue weighted by atomic mass is 16.7. The normalized spacial score (nSPS) is 20.8. The molecule has 0 spiro atoms. The lowest BCUT2D eigenvalue weighted by Crippen LogP contribution is -2.41. The van der Waals surface area contributed by atoms with Gasteiger partial charge in [0.15, 0.2) is 5.65 Å². The molecule has 0 aromatic carbocycles. The second-order valence-electron chi connectivity index (χ2n) is 6.45. The van der Waals surface area contributed by atoms with Gasteiger partial charge in [-0.15, -0.1) is 0 Å². The van der Waals surface area contributed by atoms with Crippen LogP contribution in [0.4, 0.5) is 0 Å². The van der Waals surface area contributed by atoms with E-state index >= 15 is 0 Å². The van der Waals surface area contributed by atoms with Crippen molar-refractivity contribution in [2.75, 3.05) is 0 Å². The van der Waals surface area contributed by atoms with Crippen LogP contribution < -0.4 is 5.46 Å². The van der Waals surface area contributed by atoms with Crippen LogP contribution >= 0.6 is 0 Å². The number of aryl methyl sites for hydroxylation is 2. The highest BCUT2D eigenvalue weighted by Crippen LogP contribution is 2.36. The summed E-state index contributed by atoms with van der Waals surface area (Å²) in [6, 6.07) is 2.01. The summed E-state index contributed by atoms with van der Waals surface area (Å²) in [4.78, 5) is 8.97. The molecule has 0 radical (unpaired) electrons. The summed E-state index contributed by atoms with van der Waals surface area (Å²) in [6.45, 7) is 10.2. The van der Waals surface area contributed by atoms with Gasteiger partial charge in [-0.05, 0) is 40.7 Å². The number of hydrogen-bond donors (Lipinski definition) is 0. The van der Waals surface area contributed by atoms with Crippen molar-refractivity contribution in [3.63, 3.8) is 0 Å². The van der Waals surface area contributed by atoms with Crippen LogP contribution in [0.25, 0.3) is 11.2 Å². The second-order valence-corrected chi connectivity index (χ2v) is 6.45. The van der Waals surface area contributed by atoms with E-state index in [1.165, 1.54) is 0 Å². The largest absolute Gasteiger partial charge is 0.496 e. The Morgan fingerprint density at radius 2 is 1.75 bits per heavy atom. The number of aromatic nitrogens is 3. The van der Waals surface area contributed by atoms with Crippen LogP contribution in [0.5, 0.6) is 0 Å². The van der Waals surface area contributed by atoms with E-state index in [0.717, 1.165) is 22.3 Å². The molecule has 0 unspecified atom stereocenters. The van der Waals surface area contributed by atoms with E-state index in [4.69, 9.17) is 9.31 Å². The fraction of sp³-hybridized carbons (Fsp3) is 0.571. The summed E-state index contributed by atoms with van der Waals surface area (Å²) in [5.74, 6) is 0. The summed E-state index contributed by atoms with van der Waals surface area (Å²) >= 11 is 0. The molecule has 0 N–H and O–H groups in total. The molecule has 0 bridgehead atoms. The Morgan fingerprint density at radius 3 is 2.35 bits per heavy atom. The van der Waals surface area contributed by atoms with Gasteiger partial charge in [-0.3, -0.25) is 0 Å². The van der Waals surface area contributed by atoms with Crippen molar-refractivity contribution in [2.45, 2.75) is 45.8 Å². The number of hydrogen-bond acceptors (Lipinski definition) is 4. The third-order valence-electron chi connectivity index (χ3n) is 4.42. The van der Waals surface area contributed by atoms with Crippen LogP contribution in [0.1, 0.15) is 33.4 Å². The van der Waals surface area contributed by atoms with Gasteiger partial charge in [-0.2, -0.15) is 0 Å². The van der Waals surface area contributed by atoms with Gasteiger partial charge >= 0.3 is 7.12 Å². The summed E-state index contributed by atoms with van der Waals surface area (Å²) in [6.07, 6.45) is 1.77. The lowest BCUT2D eigenvalue weighted by Gasteiger charge is -2.32. The fourth-order valence-electron chi connectivity index (χ4n) is 2.36. The van der Waals surface area contributed by atoms with Gasteiger partial charge in [-0.1, -0.05) is 0 Å². The standard InChI is InChI=1S/C14H20BN3O2/c1-9-10(7-11-12(17-9)18(6)8-16-11)15-19-13(2,3)14(4,5)20-15/h7-8H,1-6H3. The van der Waals surface area contributed by atoms with Crippen molar-refractivity contribution in [2.24, 2.45) is 7.05 Å². The summed E-state index contributed by atoms with van der Waals surface area (Å²) in [5.41, 5.74) is 2.92. The Balaban J connectivity index is 2.05. The van der Waals surface area contributed by atoms with E-state index < -0.39 is 0 Å². The number of imidazole rings is 1. The minimum absolute atomic E-state index is 0.344. The maximum absolute atomic E-state index is 6.09. The van der Waals surface area contributed by atoms with Crippen LogP contribution in [-0.4, -0.2) is 32.9 Å². The average Bonchev–Trinajstić information content (AvgIpc) is 2.77. The molecule has 3 rings (SSSR count). The van der Waals surface area contributed by atoms with Crippen molar-refractivity contribution in [1.29, 1.82) is 0 Å². The molecule has 2 aromatic rings. The third-order valence-corrected chi connectivity index (χ3v) is 4.42. The van der Waals surface area contributed by atoms with Gasteiger partial charge in [0.1, 0.15) is 5.52 Å². The van der Waals surface area contributed by atoms with Crippen molar-refractivity contribution >= 4 is 23.7 Å². The number of rotatable bonds is 1. The molecule has 0 amide bonds. The number of pyridine rings is 1. The van der Waals surface area contributed by atoms with Crippen LogP contribution in [0.15, 0.2) is 12.4 Å². The van der Waals surface area contributed by atoms with E-state index in [2.05, 4.69) is 37.7 Å². The zero-order valence-corrected chi connectivity index (χ0v) is 12.9. The van der Waals surface area contributed by atoms with Crippen LogP contribution in [0.3, 0.4) is 0 Å². The molecule has 3 heterocycles. The molecule has 1 aliphatic rings. The Labute approximate surface area is 119 Å². The smallest absolute Gasteiger partial charge is 0.399 e. The fourth-order valence-corrected chi connectivity index (χ4v) is 2.36. The Kier molecular flexibility index (Phi) is 2.75. The first-order chi connectivity index (χ1) is 9.21. The molecule has 5 nitrogen and oxygen atoms in total. The van der Waals surface area contributed by atoms with Gasteiger partial charge in [0, 0.05) is 18.2 Å². The molecular formula is C14H20BN3O2. The quantitative estimate of drug-likeness (QED) is 0.740. The average molecular weight is 273 g/mol. The number of nitrogens with zero attached hydrogens (tertiary/aromatic N) is 3. The molecule has 0 aliphatic carbocycles. The lowest BCUT2D eigenvalue weighted by molar-refractivity contribution is 0.00578. The lowest BCUT2D eigenvalue weighted by atomic mass is 9.78. The van der Waals surface area contributed by atoms with Gasteiger partial charge in [0.2, 0.25) is 0 Å². The highest BCUT2D eigenvalue weighted by molar-refractivity contribution is 6.62. The maximum atomic E-state index is 6.09. The predicted octanol–water partition coefficient (Wildman–Crippen LogP) is 1.58. The first-order valence-electron chi connectivity index (χ1n) is 6.85. The number of fused-ring (bicyclic) bond motifs is 1. The summed E-state index contributed by atoms with van der Waals surface area (Å²) in [7, 11) is 1.55. The van der Waals surface area contributed by atoms with Crippen molar-refractivity contribution < 1.29 is 9.31 Å². The molecule has 20 heavy (non-hydrogen) atoms. The second kappa shape index (κ2) is 4.05. The molecule has 1 fully saturated rings. The Bertz CT molecular complexity index is 662. The molecular weight excluding hydrogens is 253 g/mol. The minimum atomic E-state index is -0.390. The Morgan fingerprint density at radius 1 is 1.15 bits per heavy atom. The summed E-state index contributed by atoms with van der Waals surface area (Å²) < 4.78 is 14.1. The zero-order valence-electron chi connectivity index (χ0n) is 12.9. The van der Waals surface area contributed by atoms with Gasteiger partial charge in [-0.25, -0.2) is 9.97 Å². The molecule has 6 heteroatoms. The van der Waals surface area contributed by atoms with Gasteiger partial charge in [0.25, 0.3) is 0 Å². The monoisotopic (exact) mass is 273 g/mol. The molecule has 1 saturated heterocycles. The van der Waals surface area contributed by atoms with E-state index in [9.17, 15) is 0 Å². The van der Waals surface area contributed by atoms with Crippen LogP contribution in [0, 0.1) is 6.92 Å². The zero-order chi connectivity index (χ0) is 14.7. The third kappa shape index (κ3) is 1.86. The predicted molar refractivity (Wildman–Crippen MR) is 79.0 cm³/mol. The van der Waals surface area contributed by atoms with E-state index in [0.29, 0.717) is 0 Å². The van der Waals surface area contributed by atoms with Crippen molar-refractivity contribution in [3.05, 3.63) is 18.1 Å². The van der Waals surface area contributed by atoms with E-state index in [1.54, 1.807) is 6.33 Å². The molecule has 0 atom stereocenters.